The minimum atomic E-state index is 0.330. The van der Waals surface area contributed by atoms with Crippen molar-refractivity contribution in [2.45, 2.75) is 25.9 Å². The minimum Gasteiger partial charge on any atom is -0.383 e. The summed E-state index contributed by atoms with van der Waals surface area (Å²) in [7, 11) is 1.72. The number of rotatable bonds is 7. The topological polar surface area (TPSA) is 48.3 Å². The Bertz CT molecular complexity index is 348. The Labute approximate surface area is 108 Å². The monoisotopic (exact) mass is 253 g/mol. The molecule has 2 heterocycles. The molecule has 2 atom stereocenters. The molecule has 1 fully saturated rings. The lowest BCUT2D eigenvalue weighted by Gasteiger charge is -2.24. The molecule has 0 radical (unpaired) electrons. The zero-order valence-electron chi connectivity index (χ0n) is 11.3. The highest BCUT2D eigenvalue weighted by atomic mass is 16.5. The maximum Gasteiger partial charge on any atom is 0.0659 e. The maximum atomic E-state index is 5.51. The average molecular weight is 253 g/mol. The van der Waals surface area contributed by atoms with Gasteiger partial charge in [-0.25, -0.2) is 0 Å². The second-order valence-electron chi connectivity index (χ2n) is 4.63. The molecule has 5 nitrogen and oxygen atoms in total. The Kier molecular flexibility index (Phi) is 5.16. The van der Waals surface area contributed by atoms with Gasteiger partial charge < -0.3 is 14.8 Å². The summed E-state index contributed by atoms with van der Waals surface area (Å²) < 4.78 is 12.7. The van der Waals surface area contributed by atoms with Gasteiger partial charge >= 0.3 is 0 Å². The van der Waals surface area contributed by atoms with Crippen LogP contribution < -0.4 is 5.32 Å². The predicted molar refractivity (Wildman–Crippen MR) is 69.4 cm³/mol. The van der Waals surface area contributed by atoms with Gasteiger partial charge in [-0.05, 0) is 19.0 Å². The van der Waals surface area contributed by atoms with Crippen molar-refractivity contribution in [3.05, 3.63) is 18.0 Å². The molecule has 0 amide bonds. The molecule has 0 aliphatic carbocycles. The molecular weight excluding hydrogens is 230 g/mol. The molecular formula is C13H23N3O2. The van der Waals surface area contributed by atoms with E-state index in [1.807, 2.05) is 10.9 Å². The Morgan fingerprint density at radius 1 is 1.67 bits per heavy atom. The van der Waals surface area contributed by atoms with E-state index in [0.717, 1.165) is 32.7 Å². The fourth-order valence-electron chi connectivity index (χ4n) is 2.52. The fourth-order valence-corrected chi connectivity index (χ4v) is 2.52. The van der Waals surface area contributed by atoms with Gasteiger partial charge in [0.2, 0.25) is 0 Å². The number of methoxy groups -OCH3 is 1. The van der Waals surface area contributed by atoms with Gasteiger partial charge in [0.25, 0.3) is 0 Å². The molecule has 102 valence electrons. The number of nitrogens with zero attached hydrogens (tertiary/aromatic N) is 2. The van der Waals surface area contributed by atoms with Crippen LogP contribution in [-0.2, 0) is 16.0 Å². The molecule has 1 saturated heterocycles. The Morgan fingerprint density at radius 3 is 3.22 bits per heavy atom. The van der Waals surface area contributed by atoms with Crippen LogP contribution in [0.4, 0.5) is 0 Å². The Balaban J connectivity index is 2.11. The van der Waals surface area contributed by atoms with Crippen molar-refractivity contribution in [2.75, 3.05) is 33.5 Å². The van der Waals surface area contributed by atoms with Gasteiger partial charge in [0.1, 0.15) is 0 Å². The van der Waals surface area contributed by atoms with Gasteiger partial charge in [0.05, 0.1) is 31.5 Å². The molecule has 2 rings (SSSR count). The first-order valence-electron chi connectivity index (χ1n) is 6.68. The van der Waals surface area contributed by atoms with Crippen molar-refractivity contribution in [3.63, 3.8) is 0 Å². The lowest BCUT2D eigenvalue weighted by molar-refractivity contribution is 0.170. The third-order valence-electron chi connectivity index (χ3n) is 3.44. The Morgan fingerprint density at radius 2 is 2.56 bits per heavy atom. The average Bonchev–Trinajstić information content (AvgIpc) is 3.04. The molecule has 0 aromatic carbocycles. The van der Waals surface area contributed by atoms with Crippen LogP contribution in [0, 0.1) is 5.92 Å². The van der Waals surface area contributed by atoms with E-state index >= 15 is 0 Å². The van der Waals surface area contributed by atoms with Crippen LogP contribution in [0.2, 0.25) is 0 Å². The van der Waals surface area contributed by atoms with Crippen LogP contribution in [-0.4, -0.2) is 43.3 Å². The zero-order valence-corrected chi connectivity index (χ0v) is 11.3. The quantitative estimate of drug-likeness (QED) is 0.793. The summed E-state index contributed by atoms with van der Waals surface area (Å²) in [6, 6.07) is 2.43. The first-order valence-corrected chi connectivity index (χ1v) is 6.68. The van der Waals surface area contributed by atoms with E-state index in [9.17, 15) is 0 Å². The summed E-state index contributed by atoms with van der Waals surface area (Å²) >= 11 is 0. The largest absolute Gasteiger partial charge is 0.383 e. The number of nitrogens with one attached hydrogen (secondary N) is 1. The summed E-state index contributed by atoms with van der Waals surface area (Å²) in [5, 5.41) is 7.95. The number of aromatic nitrogens is 2. The van der Waals surface area contributed by atoms with E-state index in [1.165, 1.54) is 5.69 Å². The lowest BCUT2D eigenvalue weighted by atomic mass is 9.96. The molecule has 1 aliphatic heterocycles. The third-order valence-corrected chi connectivity index (χ3v) is 3.44. The summed E-state index contributed by atoms with van der Waals surface area (Å²) in [6.45, 7) is 6.30. The van der Waals surface area contributed by atoms with Crippen molar-refractivity contribution in [1.29, 1.82) is 0 Å². The smallest absolute Gasteiger partial charge is 0.0659 e. The fraction of sp³-hybridized carbons (Fsp3) is 0.769. The number of ether oxygens (including phenoxy) is 2. The first kappa shape index (κ1) is 13.5. The van der Waals surface area contributed by atoms with Crippen molar-refractivity contribution in [3.8, 4) is 0 Å². The van der Waals surface area contributed by atoms with E-state index in [1.54, 1.807) is 7.11 Å². The van der Waals surface area contributed by atoms with Gasteiger partial charge in [-0.15, -0.1) is 0 Å². The highest BCUT2D eigenvalue weighted by Crippen LogP contribution is 2.28. The maximum absolute atomic E-state index is 5.51. The summed E-state index contributed by atoms with van der Waals surface area (Å²) in [6.07, 6.45) is 2.98. The van der Waals surface area contributed by atoms with Gasteiger partial charge in [0, 0.05) is 25.8 Å². The van der Waals surface area contributed by atoms with Crippen LogP contribution >= 0.6 is 0 Å². The van der Waals surface area contributed by atoms with E-state index in [-0.39, 0.29) is 0 Å². The highest BCUT2D eigenvalue weighted by molar-refractivity contribution is 5.09. The standard InChI is InChI=1S/C13H23N3O2/c1-3-14-13(11-5-8-18-10-11)12-4-6-15-16(12)7-9-17-2/h4,6,11,13-14H,3,5,7-10H2,1-2H3. The summed E-state index contributed by atoms with van der Waals surface area (Å²) in [4.78, 5) is 0. The molecule has 5 heteroatoms. The SMILES string of the molecule is CCNC(c1ccnn1CCOC)C1CCOC1. The molecule has 0 saturated carbocycles. The van der Waals surface area contributed by atoms with Crippen LogP contribution in [0.1, 0.15) is 25.1 Å². The van der Waals surface area contributed by atoms with Gasteiger partial charge in [0.15, 0.2) is 0 Å². The number of hydrogen-bond acceptors (Lipinski definition) is 4. The second kappa shape index (κ2) is 6.87. The predicted octanol–water partition coefficient (Wildman–Crippen LogP) is 1.22. The molecule has 0 bridgehead atoms. The van der Waals surface area contributed by atoms with E-state index in [2.05, 4.69) is 23.4 Å². The molecule has 2 unspecified atom stereocenters. The van der Waals surface area contributed by atoms with Gasteiger partial charge in [-0.1, -0.05) is 6.92 Å². The lowest BCUT2D eigenvalue weighted by Crippen LogP contribution is -2.31. The van der Waals surface area contributed by atoms with Crippen LogP contribution in [0.15, 0.2) is 12.3 Å². The van der Waals surface area contributed by atoms with E-state index in [0.29, 0.717) is 18.6 Å². The second-order valence-corrected chi connectivity index (χ2v) is 4.63. The molecule has 0 spiro atoms. The Hall–Kier alpha value is -0.910. The van der Waals surface area contributed by atoms with E-state index in [4.69, 9.17) is 9.47 Å². The van der Waals surface area contributed by atoms with Crippen molar-refractivity contribution < 1.29 is 9.47 Å². The van der Waals surface area contributed by atoms with Gasteiger partial charge in [-0.2, -0.15) is 5.10 Å². The van der Waals surface area contributed by atoms with E-state index < -0.39 is 0 Å². The van der Waals surface area contributed by atoms with Crippen molar-refractivity contribution in [2.24, 2.45) is 5.92 Å². The molecule has 1 aliphatic rings. The van der Waals surface area contributed by atoms with Crippen LogP contribution in [0.3, 0.4) is 0 Å². The zero-order chi connectivity index (χ0) is 12.8. The molecule has 18 heavy (non-hydrogen) atoms. The summed E-state index contributed by atoms with van der Waals surface area (Å²) in [5.41, 5.74) is 1.24. The molecule has 1 N–H and O–H groups in total. The van der Waals surface area contributed by atoms with Crippen LogP contribution in [0.5, 0.6) is 0 Å². The summed E-state index contributed by atoms with van der Waals surface area (Å²) in [5.74, 6) is 0.544. The third kappa shape index (κ3) is 3.10. The first-order chi connectivity index (χ1) is 8.86. The van der Waals surface area contributed by atoms with Gasteiger partial charge in [-0.3, -0.25) is 4.68 Å². The normalized spacial score (nSPS) is 21.3. The highest BCUT2D eigenvalue weighted by Gasteiger charge is 2.28. The van der Waals surface area contributed by atoms with Crippen molar-refractivity contribution >= 4 is 0 Å². The minimum absolute atomic E-state index is 0.330. The van der Waals surface area contributed by atoms with Crippen LogP contribution in [0.25, 0.3) is 0 Å². The number of hydrogen-bond donors (Lipinski definition) is 1. The molecule has 1 aromatic heterocycles. The molecule has 1 aromatic rings. The van der Waals surface area contributed by atoms with Crippen molar-refractivity contribution in [1.82, 2.24) is 15.1 Å².